The fourth-order valence-corrected chi connectivity index (χ4v) is 9.87. The number of benzene rings is 2. The Balaban J connectivity index is 0.929. The number of likely N-dealkylation sites (tertiary alicyclic amines) is 2. The zero-order chi connectivity index (χ0) is 40.8. The molecule has 5 amide bonds. The van der Waals surface area contributed by atoms with Crippen LogP contribution < -0.4 is 15.2 Å². The van der Waals surface area contributed by atoms with Gasteiger partial charge in [0.05, 0.1) is 39.9 Å². The van der Waals surface area contributed by atoms with E-state index in [-0.39, 0.29) is 34.9 Å². The van der Waals surface area contributed by atoms with Gasteiger partial charge in [-0.1, -0.05) is 39.3 Å². The number of unbranched alkanes of at least 4 members (excludes halogenated alkanes) is 1. The van der Waals surface area contributed by atoms with Crippen molar-refractivity contribution in [2.24, 2.45) is 16.6 Å². The lowest BCUT2D eigenvalue weighted by atomic mass is 9.48. The van der Waals surface area contributed by atoms with Gasteiger partial charge in [0, 0.05) is 41.1 Å². The average Bonchev–Trinajstić information content (AvgIpc) is 3.43. The number of amides is 5. The topological polar surface area (TPSA) is 176 Å². The molecule has 3 fully saturated rings. The van der Waals surface area contributed by atoms with Crippen molar-refractivity contribution in [3.63, 3.8) is 0 Å². The van der Waals surface area contributed by atoms with Gasteiger partial charge in [0.15, 0.2) is 0 Å². The van der Waals surface area contributed by atoms with E-state index < -0.39 is 52.6 Å². The fourth-order valence-electron chi connectivity index (χ4n) is 9.66. The van der Waals surface area contributed by atoms with Gasteiger partial charge in [0.25, 0.3) is 17.7 Å². The van der Waals surface area contributed by atoms with Crippen molar-refractivity contribution in [1.82, 2.24) is 19.7 Å². The van der Waals surface area contributed by atoms with Crippen LogP contribution in [0.5, 0.6) is 11.5 Å². The number of fused-ring (bicyclic) bond motifs is 1. The maximum absolute atomic E-state index is 14.3. The Morgan fingerprint density at radius 3 is 2.26 bits per heavy atom. The minimum atomic E-state index is -1.13. The molecular weight excluding hydrogens is 748 g/mol. The molecule has 0 spiro atoms. The predicted octanol–water partition coefficient (Wildman–Crippen LogP) is 5.74. The van der Waals surface area contributed by atoms with Gasteiger partial charge < -0.3 is 20.1 Å². The number of nitrogens with two attached hydrogens (primary N) is 1. The number of piperidine rings is 2. The summed E-state index contributed by atoms with van der Waals surface area (Å²) in [5, 5.41) is 9.52. The summed E-state index contributed by atoms with van der Waals surface area (Å²) in [4.78, 5) is 75.8. The van der Waals surface area contributed by atoms with E-state index in [0.717, 1.165) is 55.9 Å². The van der Waals surface area contributed by atoms with Gasteiger partial charge in [-0.3, -0.25) is 38.8 Å². The Hall–Kier alpha value is -5.32. The van der Waals surface area contributed by atoms with Crippen LogP contribution >= 0.6 is 11.6 Å². The quantitative estimate of drug-likeness (QED) is 0.176. The molecule has 1 saturated carbocycles. The molecule has 2 aromatic carbocycles. The van der Waals surface area contributed by atoms with Crippen LogP contribution in [0.1, 0.15) is 114 Å². The van der Waals surface area contributed by atoms with E-state index >= 15 is 0 Å². The van der Waals surface area contributed by atoms with Gasteiger partial charge in [0.2, 0.25) is 11.8 Å². The van der Waals surface area contributed by atoms with E-state index in [1.54, 1.807) is 48.7 Å². The SMILES string of the molecule is CC1(C)C(Oc2ccc(C#N)c(Cl)c2)C(C)(C)C1N1C(=O)CCC(N2C(=O)c3ccc(OCCCCN4CCC(c5ccc(C(N)=O)cn5)CC4)cc3C2=O)C1=O. The Bertz CT molecular complexity index is 2140. The number of primary amides is 1. The second-order valence-electron chi connectivity index (χ2n) is 16.6. The highest BCUT2D eigenvalue weighted by atomic mass is 35.5. The minimum absolute atomic E-state index is 0.000990. The van der Waals surface area contributed by atoms with Crippen LogP contribution in [0, 0.1) is 22.2 Å². The molecule has 1 aliphatic carbocycles. The van der Waals surface area contributed by atoms with Crippen LogP contribution in [-0.4, -0.2) is 93.6 Å². The molecule has 14 heteroatoms. The summed E-state index contributed by atoms with van der Waals surface area (Å²) in [5.74, 6) is -1.28. The third-order valence-corrected chi connectivity index (χ3v) is 12.5. The van der Waals surface area contributed by atoms with Crippen molar-refractivity contribution in [3.8, 4) is 17.6 Å². The first-order valence-electron chi connectivity index (χ1n) is 19.5. The molecule has 57 heavy (non-hydrogen) atoms. The maximum Gasteiger partial charge on any atom is 0.262 e. The molecule has 1 aromatic heterocycles. The molecule has 3 aliphatic heterocycles. The van der Waals surface area contributed by atoms with Gasteiger partial charge in [-0.2, -0.15) is 5.26 Å². The van der Waals surface area contributed by atoms with Gasteiger partial charge in [-0.05, 0) is 94.2 Å². The number of nitriles is 1. The van der Waals surface area contributed by atoms with Gasteiger partial charge in [0.1, 0.15) is 29.7 Å². The van der Waals surface area contributed by atoms with Crippen LogP contribution in [-0.2, 0) is 9.59 Å². The van der Waals surface area contributed by atoms with Gasteiger partial charge in [-0.15, -0.1) is 0 Å². The van der Waals surface area contributed by atoms with E-state index in [0.29, 0.717) is 35.2 Å². The van der Waals surface area contributed by atoms with E-state index in [1.165, 1.54) is 4.90 Å². The van der Waals surface area contributed by atoms with Crippen molar-refractivity contribution < 1.29 is 33.4 Å². The molecule has 4 aliphatic rings. The summed E-state index contributed by atoms with van der Waals surface area (Å²) in [6.07, 6.45) is 4.85. The van der Waals surface area contributed by atoms with E-state index in [4.69, 9.17) is 26.8 Å². The zero-order valence-corrected chi connectivity index (χ0v) is 33.4. The molecule has 2 saturated heterocycles. The maximum atomic E-state index is 14.3. The number of hydrogen-bond acceptors (Lipinski definition) is 10. The first-order chi connectivity index (χ1) is 27.1. The molecule has 7 rings (SSSR count). The van der Waals surface area contributed by atoms with Crippen LogP contribution in [0.4, 0.5) is 0 Å². The second kappa shape index (κ2) is 15.6. The number of pyridine rings is 1. The van der Waals surface area contributed by atoms with Crippen molar-refractivity contribution in [2.75, 3.05) is 26.2 Å². The molecule has 1 unspecified atom stereocenters. The summed E-state index contributed by atoms with van der Waals surface area (Å²) in [7, 11) is 0. The van der Waals surface area contributed by atoms with Gasteiger partial charge in [-0.25, -0.2) is 0 Å². The number of ether oxygens (including phenoxy) is 2. The van der Waals surface area contributed by atoms with E-state index in [9.17, 15) is 29.2 Å². The van der Waals surface area contributed by atoms with Crippen LogP contribution in [0.25, 0.3) is 0 Å². The Labute approximate surface area is 337 Å². The molecule has 1 atom stereocenters. The van der Waals surface area contributed by atoms with Crippen LogP contribution in [0.3, 0.4) is 0 Å². The molecule has 3 aromatic rings. The largest absolute Gasteiger partial charge is 0.494 e. The smallest absolute Gasteiger partial charge is 0.262 e. The summed E-state index contributed by atoms with van der Waals surface area (Å²) in [5.41, 5.74) is 6.02. The Morgan fingerprint density at radius 1 is 0.912 bits per heavy atom. The number of rotatable bonds is 12. The Kier molecular flexibility index (Phi) is 10.9. The van der Waals surface area contributed by atoms with Crippen molar-refractivity contribution in [2.45, 2.75) is 90.3 Å². The number of halogens is 1. The fraction of sp³-hybridized carbons (Fsp3) is 0.465. The normalized spacial score (nSPS) is 23.2. The van der Waals surface area contributed by atoms with Crippen molar-refractivity contribution in [1.29, 1.82) is 5.26 Å². The van der Waals surface area contributed by atoms with E-state index in [1.807, 2.05) is 39.8 Å². The number of hydrogen-bond donors (Lipinski definition) is 1. The molecule has 298 valence electrons. The number of imide groups is 2. The lowest BCUT2D eigenvalue weighted by Crippen LogP contribution is -2.77. The van der Waals surface area contributed by atoms with Crippen LogP contribution in [0.2, 0.25) is 5.02 Å². The summed E-state index contributed by atoms with van der Waals surface area (Å²) < 4.78 is 12.4. The number of carbonyl (C=O) groups is 5. The molecule has 2 N–H and O–H groups in total. The Morgan fingerprint density at radius 2 is 1.61 bits per heavy atom. The number of carbonyl (C=O) groups excluding carboxylic acids is 5. The minimum Gasteiger partial charge on any atom is -0.494 e. The summed E-state index contributed by atoms with van der Waals surface area (Å²) >= 11 is 6.26. The number of nitrogens with zero attached hydrogens (tertiary/aromatic N) is 5. The molecule has 13 nitrogen and oxygen atoms in total. The highest BCUT2D eigenvalue weighted by Gasteiger charge is 2.68. The summed E-state index contributed by atoms with van der Waals surface area (Å²) in [6.45, 7) is 11.0. The first kappa shape index (κ1) is 39.9. The zero-order valence-electron chi connectivity index (χ0n) is 32.6. The first-order valence-corrected chi connectivity index (χ1v) is 19.9. The molecule has 0 radical (unpaired) electrons. The summed E-state index contributed by atoms with van der Waals surface area (Å²) in [6, 6.07) is 13.6. The monoisotopic (exact) mass is 794 g/mol. The third kappa shape index (κ3) is 7.37. The number of aromatic nitrogens is 1. The lowest BCUT2D eigenvalue weighted by Gasteiger charge is -2.65. The standard InChI is InChI=1S/C43H47ClN6O7/c1-42(2)40(43(3,4)41(42)57-29-9-7-26(23-45)32(44)22-29)50-35(51)14-13-34(39(50)55)49-37(53)30-11-10-28(21-31(30)38(49)54)56-20-6-5-17-48-18-15-25(16-19-48)33-12-8-27(24-47-33)36(46)52/h7-12,21-22,24-25,34,40-41H,5-6,13-20H2,1-4H3,(H2,46,52). The molecule has 4 heterocycles. The predicted molar refractivity (Wildman–Crippen MR) is 210 cm³/mol. The molecule has 0 bridgehead atoms. The van der Waals surface area contributed by atoms with E-state index in [2.05, 4.69) is 9.88 Å². The van der Waals surface area contributed by atoms with Crippen LogP contribution in [0.15, 0.2) is 54.7 Å². The third-order valence-electron chi connectivity index (χ3n) is 12.2. The average molecular weight is 795 g/mol. The second-order valence-corrected chi connectivity index (χ2v) is 17.1. The molecular formula is C43H47ClN6O7. The van der Waals surface area contributed by atoms with Crippen molar-refractivity contribution in [3.05, 3.63) is 87.7 Å². The highest BCUT2D eigenvalue weighted by molar-refractivity contribution is 6.31. The lowest BCUT2D eigenvalue weighted by molar-refractivity contribution is -0.216. The van der Waals surface area contributed by atoms with Gasteiger partial charge >= 0.3 is 0 Å². The highest BCUT2D eigenvalue weighted by Crippen LogP contribution is 2.58. The van der Waals surface area contributed by atoms with Crippen molar-refractivity contribution >= 4 is 41.1 Å².